The summed E-state index contributed by atoms with van der Waals surface area (Å²) in [5.41, 5.74) is 1.95. The molecule has 1 aromatic carbocycles. The SMILES string of the molecule is COc1ccccc1Cn1cc(CN(C)CCO)nn1. The third kappa shape index (κ3) is 3.79. The molecule has 0 saturated carbocycles. The Balaban J connectivity index is 2.02. The third-order valence-electron chi connectivity index (χ3n) is 3.02. The highest BCUT2D eigenvalue weighted by Crippen LogP contribution is 2.18. The summed E-state index contributed by atoms with van der Waals surface area (Å²) in [4.78, 5) is 2.00. The number of methoxy groups -OCH3 is 1. The first kappa shape index (κ1) is 14.5. The molecule has 0 aliphatic heterocycles. The first-order valence-corrected chi connectivity index (χ1v) is 6.53. The summed E-state index contributed by atoms with van der Waals surface area (Å²) in [5, 5.41) is 17.1. The second-order valence-electron chi connectivity index (χ2n) is 4.68. The van der Waals surface area contributed by atoms with Crippen LogP contribution in [0.5, 0.6) is 5.75 Å². The van der Waals surface area contributed by atoms with E-state index < -0.39 is 0 Å². The molecule has 0 saturated heterocycles. The highest BCUT2D eigenvalue weighted by molar-refractivity contribution is 5.33. The van der Waals surface area contributed by atoms with Crippen molar-refractivity contribution in [3.05, 3.63) is 41.7 Å². The standard InChI is InChI=1S/C14H20N4O2/c1-17(7-8-19)10-13-11-18(16-15-13)9-12-5-3-4-6-14(12)20-2/h3-6,11,19H,7-10H2,1-2H3. The number of aromatic nitrogens is 3. The second kappa shape index (κ2) is 7.02. The van der Waals surface area contributed by atoms with Gasteiger partial charge < -0.3 is 9.84 Å². The van der Waals surface area contributed by atoms with Crippen LogP contribution >= 0.6 is 0 Å². The number of ether oxygens (including phenoxy) is 1. The molecule has 0 aliphatic carbocycles. The lowest BCUT2D eigenvalue weighted by molar-refractivity contribution is 0.216. The van der Waals surface area contributed by atoms with Gasteiger partial charge in [-0.2, -0.15) is 0 Å². The van der Waals surface area contributed by atoms with Crippen LogP contribution in [0.4, 0.5) is 0 Å². The second-order valence-corrected chi connectivity index (χ2v) is 4.68. The van der Waals surface area contributed by atoms with Gasteiger partial charge in [-0.3, -0.25) is 4.90 Å². The molecule has 108 valence electrons. The van der Waals surface area contributed by atoms with E-state index in [0.717, 1.165) is 17.0 Å². The Hall–Kier alpha value is -1.92. The smallest absolute Gasteiger partial charge is 0.123 e. The summed E-state index contributed by atoms with van der Waals surface area (Å²) in [6, 6.07) is 7.87. The molecule has 0 spiro atoms. The van der Waals surface area contributed by atoms with E-state index in [9.17, 15) is 0 Å². The van der Waals surface area contributed by atoms with Crippen LogP contribution < -0.4 is 4.74 Å². The highest BCUT2D eigenvalue weighted by Gasteiger charge is 2.07. The zero-order valence-electron chi connectivity index (χ0n) is 11.9. The fraction of sp³-hybridized carbons (Fsp3) is 0.429. The summed E-state index contributed by atoms with van der Waals surface area (Å²) >= 11 is 0. The maximum Gasteiger partial charge on any atom is 0.123 e. The molecule has 6 nitrogen and oxygen atoms in total. The quantitative estimate of drug-likeness (QED) is 0.809. The van der Waals surface area contributed by atoms with E-state index in [2.05, 4.69) is 10.3 Å². The van der Waals surface area contributed by atoms with Crippen LogP contribution in [0, 0.1) is 0 Å². The van der Waals surface area contributed by atoms with Crippen molar-refractivity contribution in [3.8, 4) is 5.75 Å². The number of rotatable bonds is 7. The molecule has 1 aromatic heterocycles. The first-order chi connectivity index (χ1) is 9.72. The van der Waals surface area contributed by atoms with Gasteiger partial charge in [-0.15, -0.1) is 5.10 Å². The van der Waals surface area contributed by atoms with E-state index in [1.54, 1.807) is 11.8 Å². The van der Waals surface area contributed by atoms with Crippen LogP contribution in [0.1, 0.15) is 11.3 Å². The van der Waals surface area contributed by atoms with Crippen molar-refractivity contribution in [1.82, 2.24) is 19.9 Å². The normalized spacial score (nSPS) is 11.0. The lowest BCUT2D eigenvalue weighted by Gasteiger charge is -2.12. The molecule has 1 N–H and O–H groups in total. The van der Waals surface area contributed by atoms with Gasteiger partial charge in [0.1, 0.15) is 5.75 Å². The number of benzene rings is 1. The molecule has 0 amide bonds. The van der Waals surface area contributed by atoms with E-state index in [0.29, 0.717) is 19.6 Å². The van der Waals surface area contributed by atoms with Gasteiger partial charge in [-0.05, 0) is 13.1 Å². The average molecular weight is 276 g/mol. The van der Waals surface area contributed by atoms with Crippen molar-refractivity contribution in [1.29, 1.82) is 0 Å². The van der Waals surface area contributed by atoms with E-state index in [-0.39, 0.29) is 6.61 Å². The van der Waals surface area contributed by atoms with Gasteiger partial charge in [0.25, 0.3) is 0 Å². The van der Waals surface area contributed by atoms with Crippen LogP contribution in [-0.4, -0.2) is 52.3 Å². The number of nitrogens with zero attached hydrogens (tertiary/aromatic N) is 4. The van der Waals surface area contributed by atoms with Gasteiger partial charge in [0.05, 0.1) is 32.2 Å². The molecule has 0 atom stereocenters. The Morgan fingerprint density at radius 3 is 2.90 bits per heavy atom. The van der Waals surface area contributed by atoms with Crippen molar-refractivity contribution >= 4 is 0 Å². The van der Waals surface area contributed by atoms with E-state index >= 15 is 0 Å². The highest BCUT2D eigenvalue weighted by atomic mass is 16.5. The summed E-state index contributed by atoms with van der Waals surface area (Å²) in [5.74, 6) is 0.849. The van der Waals surface area contributed by atoms with E-state index in [1.165, 1.54) is 0 Å². The van der Waals surface area contributed by atoms with Crippen LogP contribution in [0.3, 0.4) is 0 Å². The van der Waals surface area contributed by atoms with Crippen molar-refractivity contribution in [2.45, 2.75) is 13.1 Å². The number of hydrogen-bond acceptors (Lipinski definition) is 5. The number of aliphatic hydroxyl groups is 1. The minimum absolute atomic E-state index is 0.145. The van der Waals surface area contributed by atoms with Crippen LogP contribution in [0.15, 0.2) is 30.5 Å². The largest absolute Gasteiger partial charge is 0.496 e. The molecule has 0 radical (unpaired) electrons. The monoisotopic (exact) mass is 276 g/mol. The molecular weight excluding hydrogens is 256 g/mol. The topological polar surface area (TPSA) is 63.4 Å². The predicted molar refractivity (Wildman–Crippen MR) is 75.5 cm³/mol. The number of hydrogen-bond donors (Lipinski definition) is 1. The Morgan fingerprint density at radius 2 is 2.15 bits per heavy atom. The molecule has 2 aromatic rings. The molecule has 20 heavy (non-hydrogen) atoms. The number of aliphatic hydroxyl groups excluding tert-OH is 1. The maximum atomic E-state index is 8.88. The maximum absolute atomic E-state index is 8.88. The van der Waals surface area contributed by atoms with Crippen LogP contribution in [0.2, 0.25) is 0 Å². The fourth-order valence-corrected chi connectivity index (χ4v) is 2.02. The minimum Gasteiger partial charge on any atom is -0.496 e. The molecule has 0 bridgehead atoms. The number of para-hydroxylation sites is 1. The van der Waals surface area contributed by atoms with Crippen LogP contribution in [0.25, 0.3) is 0 Å². The van der Waals surface area contributed by atoms with E-state index in [4.69, 9.17) is 9.84 Å². The fourth-order valence-electron chi connectivity index (χ4n) is 2.02. The zero-order chi connectivity index (χ0) is 14.4. The van der Waals surface area contributed by atoms with Crippen molar-refractivity contribution in [2.75, 3.05) is 27.3 Å². The summed E-state index contributed by atoms with van der Waals surface area (Å²) in [6.07, 6.45) is 1.92. The summed E-state index contributed by atoms with van der Waals surface area (Å²) in [6.45, 7) is 2.07. The molecule has 6 heteroatoms. The molecule has 1 heterocycles. The molecular formula is C14H20N4O2. The summed E-state index contributed by atoms with van der Waals surface area (Å²) in [7, 11) is 3.60. The zero-order valence-corrected chi connectivity index (χ0v) is 11.9. The van der Waals surface area contributed by atoms with Crippen LogP contribution in [-0.2, 0) is 13.1 Å². The Morgan fingerprint density at radius 1 is 1.35 bits per heavy atom. The van der Waals surface area contributed by atoms with Crippen molar-refractivity contribution in [3.63, 3.8) is 0 Å². The van der Waals surface area contributed by atoms with Gasteiger partial charge in [0.15, 0.2) is 0 Å². The molecule has 0 fully saturated rings. The van der Waals surface area contributed by atoms with Gasteiger partial charge >= 0.3 is 0 Å². The number of likely N-dealkylation sites (N-methyl/N-ethyl adjacent to an activating group) is 1. The Bertz CT molecular complexity index is 541. The lowest BCUT2D eigenvalue weighted by atomic mass is 10.2. The van der Waals surface area contributed by atoms with Crippen molar-refractivity contribution < 1.29 is 9.84 Å². The molecule has 0 aliphatic rings. The Labute approximate surface area is 118 Å². The van der Waals surface area contributed by atoms with Gasteiger partial charge in [0.2, 0.25) is 0 Å². The summed E-state index contributed by atoms with van der Waals surface area (Å²) < 4.78 is 7.11. The minimum atomic E-state index is 0.145. The van der Waals surface area contributed by atoms with Gasteiger partial charge in [-0.1, -0.05) is 23.4 Å². The third-order valence-corrected chi connectivity index (χ3v) is 3.02. The average Bonchev–Trinajstić information content (AvgIpc) is 2.87. The van der Waals surface area contributed by atoms with E-state index in [1.807, 2.05) is 42.4 Å². The molecule has 0 unspecified atom stereocenters. The van der Waals surface area contributed by atoms with Gasteiger partial charge in [0, 0.05) is 18.7 Å². The Kier molecular flexibility index (Phi) is 5.09. The van der Waals surface area contributed by atoms with Gasteiger partial charge in [-0.25, -0.2) is 4.68 Å². The lowest BCUT2D eigenvalue weighted by Crippen LogP contribution is -2.21. The molecule has 2 rings (SSSR count). The predicted octanol–water partition coefficient (Wildman–Crippen LogP) is 0.759. The van der Waals surface area contributed by atoms with Crippen molar-refractivity contribution in [2.24, 2.45) is 0 Å². The first-order valence-electron chi connectivity index (χ1n) is 6.53.